The van der Waals surface area contributed by atoms with E-state index in [1.54, 1.807) is 6.92 Å². The van der Waals surface area contributed by atoms with E-state index >= 15 is 0 Å². The lowest BCUT2D eigenvalue weighted by Crippen LogP contribution is -2.09. The predicted molar refractivity (Wildman–Crippen MR) is 51.2 cm³/mol. The van der Waals surface area contributed by atoms with Crippen molar-refractivity contribution >= 4 is 6.34 Å². The molecule has 0 bridgehead atoms. The predicted octanol–water partition coefficient (Wildman–Crippen LogP) is 2.21. The molecule has 0 N–H and O–H groups in total. The Hall–Kier alpha value is -1.82. The van der Waals surface area contributed by atoms with Crippen molar-refractivity contribution in [2.24, 2.45) is 0 Å². The van der Waals surface area contributed by atoms with Crippen molar-refractivity contribution in [2.75, 3.05) is 0 Å². The molecule has 0 fully saturated rings. The summed E-state index contributed by atoms with van der Waals surface area (Å²) in [5.41, 5.74) is 0.914. The van der Waals surface area contributed by atoms with Gasteiger partial charge in [-0.1, -0.05) is 30.3 Å². The first-order valence-corrected chi connectivity index (χ1v) is 3.96. The van der Waals surface area contributed by atoms with Crippen LogP contribution in [0.2, 0.25) is 0 Å². The van der Waals surface area contributed by atoms with E-state index in [9.17, 15) is 5.21 Å². The van der Waals surface area contributed by atoms with Crippen LogP contribution in [0.4, 0.5) is 0 Å². The molecule has 0 spiro atoms. The largest absolute Gasteiger partial charge is 0.634 e. The van der Waals surface area contributed by atoms with E-state index in [0.29, 0.717) is 4.74 Å². The second kappa shape index (κ2) is 4.27. The molecule has 0 saturated carbocycles. The molecule has 0 aliphatic carbocycles. The number of nitrogens with zero attached hydrogens (tertiary/aromatic N) is 2. The van der Waals surface area contributed by atoms with Crippen LogP contribution in [0.5, 0.6) is 0 Å². The standard InChI is InChI=1S/C10H10N2O/c1-9(12(13)8-11-2)10-6-4-3-5-7-10/h3-9H,1H3/b12-8-/t9-/m0/s1. The zero-order valence-corrected chi connectivity index (χ0v) is 7.34. The van der Waals surface area contributed by atoms with Crippen molar-refractivity contribution in [3.05, 3.63) is 52.5 Å². The molecule has 0 heterocycles. The maximum atomic E-state index is 11.2. The molecule has 66 valence electrons. The van der Waals surface area contributed by atoms with E-state index in [0.717, 1.165) is 11.9 Å². The van der Waals surface area contributed by atoms with Gasteiger partial charge in [-0.25, -0.2) is 4.74 Å². The van der Waals surface area contributed by atoms with E-state index in [1.807, 2.05) is 30.3 Å². The molecular weight excluding hydrogens is 164 g/mol. The van der Waals surface area contributed by atoms with Gasteiger partial charge >= 0.3 is 6.34 Å². The van der Waals surface area contributed by atoms with Crippen LogP contribution in [0.25, 0.3) is 4.85 Å². The minimum Gasteiger partial charge on any atom is -0.634 e. The molecule has 3 heteroatoms. The van der Waals surface area contributed by atoms with Crippen molar-refractivity contribution < 1.29 is 4.74 Å². The van der Waals surface area contributed by atoms with Crippen molar-refractivity contribution in [3.8, 4) is 0 Å². The number of rotatable bonds is 2. The fraction of sp³-hybridized carbons (Fsp3) is 0.200. The SMILES string of the molecule is [C-]#[N+]/C=[N+](\[O-])[C@@H](C)c1ccccc1. The Labute approximate surface area is 77.3 Å². The normalized spacial score (nSPS) is 13.4. The molecule has 0 aromatic heterocycles. The Morgan fingerprint density at radius 2 is 2.08 bits per heavy atom. The summed E-state index contributed by atoms with van der Waals surface area (Å²) in [5, 5.41) is 11.2. The summed E-state index contributed by atoms with van der Waals surface area (Å²) in [6, 6.07) is 9.08. The molecule has 0 aliphatic heterocycles. The first-order chi connectivity index (χ1) is 6.25. The van der Waals surface area contributed by atoms with Gasteiger partial charge in [-0.3, -0.25) is 0 Å². The van der Waals surface area contributed by atoms with E-state index in [4.69, 9.17) is 6.57 Å². The van der Waals surface area contributed by atoms with Crippen LogP contribution in [0.1, 0.15) is 18.5 Å². The summed E-state index contributed by atoms with van der Waals surface area (Å²) < 4.78 is 0.655. The number of hydroxylamine groups is 1. The van der Waals surface area contributed by atoms with E-state index in [-0.39, 0.29) is 6.04 Å². The highest BCUT2D eigenvalue weighted by Gasteiger charge is 2.09. The Morgan fingerprint density at radius 3 is 2.62 bits per heavy atom. The quantitative estimate of drug-likeness (QED) is 0.169. The minimum absolute atomic E-state index is 0.296. The third-order valence-corrected chi connectivity index (χ3v) is 1.84. The van der Waals surface area contributed by atoms with Crippen molar-refractivity contribution in [1.82, 2.24) is 0 Å². The minimum atomic E-state index is -0.296. The molecule has 0 saturated heterocycles. The monoisotopic (exact) mass is 174 g/mol. The average molecular weight is 174 g/mol. The zero-order valence-electron chi connectivity index (χ0n) is 7.34. The first-order valence-electron chi connectivity index (χ1n) is 3.96. The summed E-state index contributed by atoms with van der Waals surface area (Å²) in [5.74, 6) is 0. The van der Waals surface area contributed by atoms with Crippen LogP contribution in [0.3, 0.4) is 0 Å². The topological polar surface area (TPSA) is 30.4 Å². The number of hydrogen-bond donors (Lipinski definition) is 0. The Bertz CT molecular complexity index is 338. The third-order valence-electron chi connectivity index (χ3n) is 1.84. The molecule has 0 radical (unpaired) electrons. The van der Waals surface area contributed by atoms with Gasteiger partial charge in [0.1, 0.15) is 6.57 Å². The van der Waals surface area contributed by atoms with Crippen LogP contribution >= 0.6 is 0 Å². The molecule has 1 rings (SSSR count). The van der Waals surface area contributed by atoms with Gasteiger partial charge in [-0.05, 0) is 0 Å². The van der Waals surface area contributed by atoms with Gasteiger partial charge < -0.3 is 5.21 Å². The number of hydrogen-bond acceptors (Lipinski definition) is 1. The van der Waals surface area contributed by atoms with Gasteiger partial charge in [0.15, 0.2) is 6.04 Å². The van der Waals surface area contributed by atoms with Crippen molar-refractivity contribution in [1.29, 1.82) is 0 Å². The highest BCUT2D eigenvalue weighted by molar-refractivity contribution is 5.60. The summed E-state index contributed by atoms with van der Waals surface area (Å²) in [4.78, 5) is 2.92. The summed E-state index contributed by atoms with van der Waals surface area (Å²) in [6.45, 7) is 8.28. The molecule has 1 aromatic rings. The zero-order chi connectivity index (χ0) is 9.68. The van der Waals surface area contributed by atoms with Gasteiger partial charge in [0, 0.05) is 12.5 Å². The smallest absolute Gasteiger partial charge is 0.391 e. The molecule has 0 amide bonds. The molecule has 1 atom stereocenters. The molecule has 3 nitrogen and oxygen atoms in total. The molecule has 1 aromatic carbocycles. The van der Waals surface area contributed by atoms with Gasteiger partial charge in [0.25, 0.3) is 0 Å². The lowest BCUT2D eigenvalue weighted by molar-refractivity contribution is -0.498. The lowest BCUT2D eigenvalue weighted by atomic mass is 10.1. The summed E-state index contributed by atoms with van der Waals surface area (Å²) in [6.07, 6.45) is 0.956. The van der Waals surface area contributed by atoms with Crippen LogP contribution in [-0.2, 0) is 0 Å². The lowest BCUT2D eigenvalue weighted by Gasteiger charge is -2.11. The molecular formula is C10H10N2O. The van der Waals surface area contributed by atoms with Gasteiger partial charge in [0.2, 0.25) is 0 Å². The van der Waals surface area contributed by atoms with Crippen LogP contribution in [0, 0.1) is 11.8 Å². The Morgan fingerprint density at radius 1 is 1.46 bits per heavy atom. The molecule has 0 unspecified atom stereocenters. The highest BCUT2D eigenvalue weighted by atomic mass is 16.5. The number of benzene rings is 1. The molecule has 0 aliphatic rings. The molecule has 13 heavy (non-hydrogen) atoms. The van der Waals surface area contributed by atoms with E-state index in [2.05, 4.69) is 4.85 Å². The van der Waals surface area contributed by atoms with E-state index < -0.39 is 0 Å². The highest BCUT2D eigenvalue weighted by Crippen LogP contribution is 2.14. The second-order valence-electron chi connectivity index (χ2n) is 2.69. The van der Waals surface area contributed by atoms with Crippen molar-refractivity contribution in [2.45, 2.75) is 13.0 Å². The van der Waals surface area contributed by atoms with Gasteiger partial charge in [0.05, 0.1) is 0 Å². The van der Waals surface area contributed by atoms with Crippen LogP contribution < -0.4 is 0 Å². The van der Waals surface area contributed by atoms with Crippen LogP contribution in [0.15, 0.2) is 30.3 Å². The van der Waals surface area contributed by atoms with E-state index in [1.165, 1.54) is 0 Å². The van der Waals surface area contributed by atoms with Crippen LogP contribution in [-0.4, -0.2) is 11.1 Å². The summed E-state index contributed by atoms with van der Waals surface area (Å²) >= 11 is 0. The Balaban J connectivity index is 2.87. The fourth-order valence-electron chi connectivity index (χ4n) is 1.04. The third kappa shape index (κ3) is 2.31. The van der Waals surface area contributed by atoms with Crippen molar-refractivity contribution in [3.63, 3.8) is 0 Å². The maximum Gasteiger partial charge on any atom is 0.391 e. The average Bonchev–Trinajstić information content (AvgIpc) is 2.18. The van der Waals surface area contributed by atoms with Gasteiger partial charge in [-0.2, -0.15) is 4.85 Å². The second-order valence-corrected chi connectivity index (χ2v) is 2.69. The summed E-state index contributed by atoms with van der Waals surface area (Å²) in [7, 11) is 0. The maximum absolute atomic E-state index is 11.2. The fourth-order valence-corrected chi connectivity index (χ4v) is 1.04. The first kappa shape index (κ1) is 9.27. The Kier molecular flexibility index (Phi) is 3.04. The van der Waals surface area contributed by atoms with Gasteiger partial charge in [-0.15, -0.1) is 0 Å².